The minimum atomic E-state index is -4.71. The molecule has 0 fully saturated rings. The van der Waals surface area contributed by atoms with E-state index in [-0.39, 0.29) is 5.82 Å². The van der Waals surface area contributed by atoms with Gasteiger partial charge < -0.3 is 5.11 Å². The van der Waals surface area contributed by atoms with Crippen LogP contribution in [-0.2, 0) is 0 Å². The van der Waals surface area contributed by atoms with Crippen LogP contribution >= 0.6 is 0 Å². The van der Waals surface area contributed by atoms with Crippen LogP contribution in [0.4, 0.5) is 13.2 Å². The normalized spacial score (nSPS) is 14.8. The van der Waals surface area contributed by atoms with Crippen molar-refractivity contribution in [2.45, 2.75) is 19.2 Å². The summed E-state index contributed by atoms with van der Waals surface area (Å²) in [5.41, 5.74) is 0. The summed E-state index contributed by atoms with van der Waals surface area (Å²) in [5.74, 6) is -0.423. The lowest BCUT2D eigenvalue weighted by atomic mass is 10.3. The van der Waals surface area contributed by atoms with Gasteiger partial charge in [0.15, 0.2) is 5.82 Å². The van der Waals surface area contributed by atoms with Crippen LogP contribution < -0.4 is 0 Å². The van der Waals surface area contributed by atoms with Crippen LogP contribution in [0.25, 0.3) is 0 Å². The molecule has 0 spiro atoms. The number of hydrogen-bond acceptors (Lipinski definition) is 3. The maximum absolute atomic E-state index is 11.8. The van der Waals surface area contributed by atoms with Crippen molar-refractivity contribution in [3.63, 3.8) is 0 Å². The number of nitrogens with zero attached hydrogens (tertiary/aromatic N) is 2. The van der Waals surface area contributed by atoms with Crippen LogP contribution in [0.2, 0.25) is 0 Å². The third-order valence-corrected chi connectivity index (χ3v) is 1.17. The zero-order valence-electron chi connectivity index (χ0n) is 6.05. The number of aliphatic hydroxyl groups is 1. The van der Waals surface area contributed by atoms with Gasteiger partial charge in [0, 0.05) is 0 Å². The second-order valence-electron chi connectivity index (χ2n) is 2.22. The molecule has 1 aromatic rings. The van der Waals surface area contributed by atoms with Crippen LogP contribution in [0.15, 0.2) is 0 Å². The topological polar surface area (TPSA) is 61.8 Å². The van der Waals surface area contributed by atoms with Crippen molar-refractivity contribution < 1.29 is 18.3 Å². The molecule has 1 heterocycles. The molecule has 0 saturated carbocycles. The highest BCUT2D eigenvalue weighted by Crippen LogP contribution is 2.30. The van der Waals surface area contributed by atoms with Crippen molar-refractivity contribution in [2.24, 2.45) is 0 Å². The zero-order valence-corrected chi connectivity index (χ0v) is 6.05. The minimum absolute atomic E-state index is 0.230. The number of aromatic amines is 1. The number of aryl methyl sites for hydroxylation is 1. The number of hydrogen-bond donors (Lipinski definition) is 2. The van der Waals surface area contributed by atoms with E-state index >= 15 is 0 Å². The molecule has 0 aromatic carbocycles. The summed E-state index contributed by atoms with van der Waals surface area (Å²) >= 11 is 0. The molecule has 0 amide bonds. The van der Waals surface area contributed by atoms with E-state index in [9.17, 15) is 13.2 Å². The Bertz CT molecular complexity index is 269. The molecule has 1 aromatic heterocycles. The summed E-state index contributed by atoms with van der Waals surface area (Å²) in [6, 6.07) is 0. The van der Waals surface area contributed by atoms with Gasteiger partial charge in [-0.3, -0.25) is 5.10 Å². The first-order valence-electron chi connectivity index (χ1n) is 3.05. The Hall–Kier alpha value is -1.11. The maximum atomic E-state index is 11.8. The lowest BCUT2D eigenvalue weighted by Gasteiger charge is -2.09. The largest absolute Gasteiger partial charge is 0.421 e. The highest BCUT2D eigenvalue weighted by molar-refractivity contribution is 4.94. The van der Waals surface area contributed by atoms with E-state index in [1.165, 1.54) is 6.92 Å². The Morgan fingerprint density at radius 1 is 1.50 bits per heavy atom. The minimum Gasteiger partial charge on any atom is -0.377 e. The molecule has 1 unspecified atom stereocenters. The summed E-state index contributed by atoms with van der Waals surface area (Å²) in [6.45, 7) is 1.44. The van der Waals surface area contributed by atoms with Crippen molar-refractivity contribution >= 4 is 0 Å². The molecule has 4 nitrogen and oxygen atoms in total. The molecule has 0 saturated heterocycles. The van der Waals surface area contributed by atoms with Crippen LogP contribution in [-0.4, -0.2) is 26.5 Å². The molecule has 0 aliphatic heterocycles. The lowest BCUT2D eigenvalue weighted by molar-refractivity contribution is -0.209. The van der Waals surface area contributed by atoms with E-state index < -0.39 is 18.1 Å². The second-order valence-corrected chi connectivity index (χ2v) is 2.22. The van der Waals surface area contributed by atoms with E-state index in [0.717, 1.165) is 0 Å². The molecule has 1 rings (SSSR count). The number of halogens is 3. The fraction of sp³-hybridized carbons (Fsp3) is 0.600. The molecular formula is C5H6F3N3O. The SMILES string of the molecule is Cc1nc(C(O)C(F)(F)F)n[nH]1. The van der Waals surface area contributed by atoms with Crippen molar-refractivity contribution in [2.75, 3.05) is 0 Å². The predicted molar refractivity (Wildman–Crippen MR) is 32.1 cm³/mol. The summed E-state index contributed by atoms with van der Waals surface area (Å²) in [4.78, 5) is 3.34. The molecule has 0 aliphatic carbocycles. The molecule has 0 aliphatic rings. The van der Waals surface area contributed by atoms with E-state index in [1.54, 1.807) is 0 Å². The highest BCUT2D eigenvalue weighted by atomic mass is 19.4. The molecule has 7 heteroatoms. The highest BCUT2D eigenvalue weighted by Gasteiger charge is 2.41. The maximum Gasteiger partial charge on any atom is 0.421 e. The average Bonchev–Trinajstić information content (AvgIpc) is 2.32. The quantitative estimate of drug-likeness (QED) is 0.670. The van der Waals surface area contributed by atoms with E-state index in [2.05, 4.69) is 15.2 Å². The summed E-state index contributed by atoms with van der Waals surface area (Å²) in [6.07, 6.45) is -7.32. The van der Waals surface area contributed by atoms with Gasteiger partial charge in [-0.1, -0.05) is 0 Å². The van der Waals surface area contributed by atoms with Gasteiger partial charge in [0.05, 0.1) is 0 Å². The molecule has 0 bridgehead atoms. The van der Waals surface area contributed by atoms with Crippen LogP contribution in [0.1, 0.15) is 17.8 Å². The van der Waals surface area contributed by atoms with Crippen LogP contribution in [0.3, 0.4) is 0 Å². The van der Waals surface area contributed by atoms with Crippen molar-refractivity contribution in [3.05, 3.63) is 11.6 Å². The van der Waals surface area contributed by atoms with Gasteiger partial charge in [-0.2, -0.15) is 18.3 Å². The second kappa shape index (κ2) is 2.74. The molecule has 0 radical (unpaired) electrons. The van der Waals surface area contributed by atoms with Gasteiger partial charge in [-0.15, -0.1) is 0 Å². The third kappa shape index (κ3) is 1.73. The summed E-state index contributed by atoms with van der Waals surface area (Å²) in [5, 5.41) is 14.0. The fourth-order valence-corrected chi connectivity index (χ4v) is 0.629. The predicted octanol–water partition coefficient (Wildman–Crippen LogP) is 0.709. The van der Waals surface area contributed by atoms with Gasteiger partial charge in [-0.25, -0.2) is 4.98 Å². The zero-order chi connectivity index (χ0) is 9.35. The summed E-state index contributed by atoms with van der Waals surface area (Å²) in [7, 11) is 0. The first kappa shape index (κ1) is 8.98. The van der Waals surface area contributed by atoms with Gasteiger partial charge in [0.2, 0.25) is 6.10 Å². The van der Waals surface area contributed by atoms with Gasteiger partial charge in [0.1, 0.15) is 5.82 Å². The van der Waals surface area contributed by atoms with E-state index in [4.69, 9.17) is 5.11 Å². The molecule has 68 valence electrons. The van der Waals surface area contributed by atoms with Gasteiger partial charge in [-0.05, 0) is 6.92 Å². The van der Waals surface area contributed by atoms with Crippen molar-refractivity contribution in [3.8, 4) is 0 Å². The Kier molecular flexibility index (Phi) is 2.05. The first-order valence-corrected chi connectivity index (χ1v) is 3.05. The Balaban J connectivity index is 2.85. The lowest BCUT2D eigenvalue weighted by Crippen LogP contribution is -2.21. The number of alkyl halides is 3. The summed E-state index contributed by atoms with van der Waals surface area (Å²) < 4.78 is 35.4. The fourth-order valence-electron chi connectivity index (χ4n) is 0.629. The standard InChI is InChI=1S/C5H6F3N3O/c1-2-9-4(11-10-2)3(12)5(6,7)8/h3,12H,1H3,(H,9,10,11). The molecule has 1 atom stereocenters. The van der Waals surface area contributed by atoms with Crippen LogP contribution in [0.5, 0.6) is 0 Å². The number of H-pyrrole nitrogens is 1. The van der Waals surface area contributed by atoms with Crippen molar-refractivity contribution in [1.29, 1.82) is 0 Å². The van der Waals surface area contributed by atoms with Crippen molar-refractivity contribution in [1.82, 2.24) is 15.2 Å². The molecule has 2 N–H and O–H groups in total. The number of aromatic nitrogens is 3. The molecular weight excluding hydrogens is 175 g/mol. The smallest absolute Gasteiger partial charge is 0.377 e. The number of rotatable bonds is 1. The number of nitrogens with one attached hydrogen (secondary N) is 1. The van der Waals surface area contributed by atoms with E-state index in [1.807, 2.05) is 0 Å². The monoisotopic (exact) mass is 181 g/mol. The Labute approximate surface area is 65.4 Å². The van der Waals surface area contributed by atoms with E-state index in [0.29, 0.717) is 0 Å². The average molecular weight is 181 g/mol. The Morgan fingerprint density at radius 2 is 2.08 bits per heavy atom. The third-order valence-electron chi connectivity index (χ3n) is 1.17. The van der Waals surface area contributed by atoms with Crippen LogP contribution in [0, 0.1) is 6.92 Å². The van der Waals surface area contributed by atoms with Gasteiger partial charge >= 0.3 is 6.18 Å². The Morgan fingerprint density at radius 3 is 2.42 bits per heavy atom. The first-order chi connectivity index (χ1) is 5.41. The van der Waals surface area contributed by atoms with Gasteiger partial charge in [0.25, 0.3) is 0 Å². The number of aliphatic hydroxyl groups excluding tert-OH is 1. The molecule has 12 heavy (non-hydrogen) atoms.